The molecule has 0 aromatic heterocycles. The number of hydrogen-bond donors (Lipinski definition) is 4. The molecule has 4 rings (SSSR count). The summed E-state index contributed by atoms with van der Waals surface area (Å²) in [7, 11) is -8.12. The average molecular weight is 957 g/mol. The molecule has 0 unspecified atom stereocenters. The minimum absolute atomic E-state index is 0.0314. The van der Waals surface area contributed by atoms with Crippen LogP contribution in [0.2, 0.25) is 0 Å². The molecule has 0 radical (unpaired) electrons. The number of urea groups is 2. The monoisotopic (exact) mass is 957 g/mol. The lowest BCUT2D eigenvalue weighted by Gasteiger charge is -2.11. The van der Waals surface area contributed by atoms with E-state index in [0.29, 0.717) is 17.8 Å². The Morgan fingerprint density at radius 1 is 0.343 bits per heavy atom. The molecule has 0 aliphatic carbocycles. The zero-order valence-corrected chi connectivity index (χ0v) is 42.2. The Kier molecular flexibility index (Phi) is 25.7. The smallest absolute Gasteiger partial charge is 0.307 e. The van der Waals surface area contributed by atoms with Gasteiger partial charge in [0, 0.05) is 11.4 Å². The topological polar surface area (TPSA) is 151 Å². The molecule has 4 N–H and O–H groups in total. The third-order valence-electron chi connectivity index (χ3n) is 12.4. The van der Waals surface area contributed by atoms with Gasteiger partial charge in [-0.15, -0.1) is 0 Å². The Bertz CT molecular complexity index is 2050. The Labute approximate surface area is 404 Å². The molecule has 0 heterocycles. The van der Waals surface area contributed by atoms with Crippen LogP contribution in [0.5, 0.6) is 0 Å². The van der Waals surface area contributed by atoms with Gasteiger partial charge in [0.1, 0.15) is 0 Å². The lowest BCUT2D eigenvalue weighted by Crippen LogP contribution is -2.34. The number of amides is 4. The van der Waals surface area contributed by atoms with Crippen molar-refractivity contribution in [2.24, 2.45) is 0 Å². The largest absolute Gasteiger partial charge is 0.333 e. The predicted molar refractivity (Wildman–Crippen MR) is 277 cm³/mol. The second kappa shape index (κ2) is 31.4. The van der Waals surface area contributed by atoms with Crippen molar-refractivity contribution in [3.05, 3.63) is 119 Å². The molecule has 0 atom stereocenters. The molecular weight excluding hydrogens is 877 g/mol. The van der Waals surface area contributed by atoms with Crippen LogP contribution in [0.3, 0.4) is 0 Å². The van der Waals surface area contributed by atoms with E-state index < -0.39 is 32.1 Å². The molecule has 0 aliphatic heterocycles. The molecule has 12 heteroatoms. The maximum Gasteiger partial charge on any atom is 0.333 e. The molecule has 0 aliphatic rings. The first-order valence-electron chi connectivity index (χ1n) is 25.5. The van der Waals surface area contributed by atoms with E-state index in [-0.39, 0.29) is 9.79 Å². The van der Waals surface area contributed by atoms with Crippen LogP contribution in [-0.2, 0) is 39.3 Å². The second-order valence-electron chi connectivity index (χ2n) is 18.3. The lowest BCUT2D eigenvalue weighted by atomic mass is 10.0. The van der Waals surface area contributed by atoms with Crippen LogP contribution in [0.4, 0.5) is 21.0 Å². The number of carbonyl (C=O) groups excluding carboxylic acids is 2. The van der Waals surface area contributed by atoms with Gasteiger partial charge in [-0.05, 0) is 103 Å². The van der Waals surface area contributed by atoms with Crippen molar-refractivity contribution in [3.63, 3.8) is 0 Å². The summed E-state index contributed by atoms with van der Waals surface area (Å²) >= 11 is 0. The van der Waals surface area contributed by atoms with Crippen LogP contribution in [0.15, 0.2) is 107 Å². The molecule has 67 heavy (non-hydrogen) atoms. The molecule has 0 saturated heterocycles. The molecule has 0 spiro atoms. The highest BCUT2D eigenvalue weighted by molar-refractivity contribution is 7.90. The van der Waals surface area contributed by atoms with E-state index in [4.69, 9.17) is 0 Å². The summed E-state index contributed by atoms with van der Waals surface area (Å²) in [5.74, 6) is 0. The molecule has 4 aromatic carbocycles. The number of sulfonamides is 2. The number of aryl methyl sites for hydroxylation is 2. The van der Waals surface area contributed by atoms with Crippen molar-refractivity contribution in [2.45, 2.75) is 197 Å². The van der Waals surface area contributed by atoms with Gasteiger partial charge >= 0.3 is 12.1 Å². The van der Waals surface area contributed by atoms with E-state index in [0.717, 1.165) is 47.9 Å². The van der Waals surface area contributed by atoms with Crippen molar-refractivity contribution in [1.82, 2.24) is 9.44 Å². The molecule has 368 valence electrons. The Balaban J connectivity index is 1.09. The SMILES string of the molecule is CCCCCCCCCCCCCCc1ccc(S(=O)(=O)NC(=O)Nc2ccc(Cc3ccc(NC(=O)NS(=O)(=O)c4ccc(CCCCCCCCCCCCCC)cc4)cc3)cc2)cc1. The minimum Gasteiger partial charge on any atom is -0.307 e. The molecule has 4 amide bonds. The summed E-state index contributed by atoms with van der Waals surface area (Å²) < 4.78 is 56.0. The summed E-state index contributed by atoms with van der Waals surface area (Å²) in [4.78, 5) is 25.4. The third-order valence-corrected chi connectivity index (χ3v) is 15.1. The van der Waals surface area contributed by atoms with Crippen molar-refractivity contribution < 1.29 is 26.4 Å². The van der Waals surface area contributed by atoms with E-state index in [1.54, 1.807) is 48.5 Å². The van der Waals surface area contributed by atoms with E-state index in [2.05, 4.69) is 33.9 Å². The zero-order chi connectivity index (χ0) is 48.0. The lowest BCUT2D eigenvalue weighted by molar-refractivity contribution is 0.255. The average Bonchev–Trinajstić information content (AvgIpc) is 3.31. The normalized spacial score (nSPS) is 11.6. The van der Waals surface area contributed by atoms with Gasteiger partial charge in [0.25, 0.3) is 20.0 Å². The highest BCUT2D eigenvalue weighted by atomic mass is 32.2. The first-order valence-corrected chi connectivity index (χ1v) is 28.5. The number of anilines is 2. The van der Waals surface area contributed by atoms with Gasteiger partial charge in [0.05, 0.1) is 9.79 Å². The van der Waals surface area contributed by atoms with Crippen molar-refractivity contribution in [3.8, 4) is 0 Å². The van der Waals surface area contributed by atoms with Crippen molar-refractivity contribution >= 4 is 43.5 Å². The van der Waals surface area contributed by atoms with Gasteiger partial charge in [-0.2, -0.15) is 0 Å². The molecule has 10 nitrogen and oxygen atoms in total. The third kappa shape index (κ3) is 22.8. The Morgan fingerprint density at radius 2 is 0.597 bits per heavy atom. The summed E-state index contributed by atoms with van der Waals surface area (Å²) in [6.45, 7) is 4.50. The van der Waals surface area contributed by atoms with E-state index in [1.807, 2.05) is 48.5 Å². The number of carbonyl (C=O) groups is 2. The minimum atomic E-state index is -4.06. The summed E-state index contributed by atoms with van der Waals surface area (Å²) in [6.07, 6.45) is 33.3. The van der Waals surface area contributed by atoms with Crippen LogP contribution in [-0.4, -0.2) is 28.9 Å². The van der Waals surface area contributed by atoms with Crippen LogP contribution < -0.4 is 20.1 Å². The van der Waals surface area contributed by atoms with Gasteiger partial charge in [0.15, 0.2) is 0 Å². The maximum absolute atomic E-state index is 12.9. The summed E-state index contributed by atoms with van der Waals surface area (Å²) in [5, 5.41) is 5.19. The first kappa shape index (κ1) is 54.9. The van der Waals surface area contributed by atoms with Gasteiger partial charge in [-0.3, -0.25) is 0 Å². The number of rotatable bonds is 34. The standard InChI is InChI=1S/C55H80N4O6S2/c1-3-5-7-9-11-13-15-17-19-21-23-25-27-46-33-41-52(42-34-46)66(62,63)58-54(60)56-50-37-29-48(30-38-50)45-49-31-39-51(40-32-49)57-55(61)59-67(64,65)53-43-35-47(36-44-53)28-26-24-22-20-18-16-14-12-10-8-6-4-2/h29-44H,3-28,45H2,1-2H3,(H2,56,58,60)(H2,57,59,61). The van der Waals surface area contributed by atoms with Gasteiger partial charge < -0.3 is 10.6 Å². The second-order valence-corrected chi connectivity index (χ2v) is 21.6. The Hall–Kier alpha value is -4.68. The Morgan fingerprint density at radius 3 is 0.881 bits per heavy atom. The maximum atomic E-state index is 12.9. The highest BCUT2D eigenvalue weighted by Crippen LogP contribution is 2.20. The number of nitrogens with one attached hydrogen (secondary N) is 4. The number of benzene rings is 4. The van der Waals surface area contributed by atoms with Crippen LogP contribution in [0.25, 0.3) is 0 Å². The predicted octanol–water partition coefficient (Wildman–Crippen LogP) is 14.8. The highest BCUT2D eigenvalue weighted by Gasteiger charge is 2.19. The molecule has 0 fully saturated rings. The molecule has 0 bridgehead atoms. The van der Waals surface area contributed by atoms with Crippen molar-refractivity contribution in [1.29, 1.82) is 0 Å². The number of hydrogen-bond acceptors (Lipinski definition) is 6. The first-order chi connectivity index (χ1) is 32.5. The fourth-order valence-electron chi connectivity index (χ4n) is 8.33. The quantitative estimate of drug-likeness (QED) is 0.0342. The summed E-state index contributed by atoms with van der Waals surface area (Å²) in [6, 6.07) is 25.8. The van der Waals surface area contributed by atoms with Gasteiger partial charge in [-0.25, -0.2) is 35.9 Å². The zero-order valence-electron chi connectivity index (χ0n) is 40.6. The summed E-state index contributed by atoms with van der Waals surface area (Å²) in [5.41, 5.74) is 4.89. The van der Waals surface area contributed by atoms with E-state index in [9.17, 15) is 26.4 Å². The van der Waals surface area contributed by atoms with Crippen LogP contribution in [0, 0.1) is 0 Å². The number of unbranched alkanes of at least 4 members (excludes halogenated alkanes) is 22. The fraction of sp³-hybridized carbons (Fsp3) is 0.527. The van der Waals surface area contributed by atoms with E-state index >= 15 is 0 Å². The molecular formula is C55H80N4O6S2. The molecule has 0 saturated carbocycles. The van der Waals surface area contributed by atoms with Crippen LogP contribution in [0.1, 0.15) is 190 Å². The van der Waals surface area contributed by atoms with Crippen LogP contribution >= 0.6 is 0 Å². The molecule has 4 aromatic rings. The van der Waals surface area contributed by atoms with Crippen molar-refractivity contribution in [2.75, 3.05) is 10.6 Å². The fourth-order valence-corrected chi connectivity index (χ4v) is 10.1. The van der Waals surface area contributed by atoms with Gasteiger partial charge in [-0.1, -0.05) is 204 Å². The van der Waals surface area contributed by atoms with Gasteiger partial charge in [0.2, 0.25) is 0 Å². The van der Waals surface area contributed by atoms with E-state index in [1.165, 1.54) is 141 Å².